The summed E-state index contributed by atoms with van der Waals surface area (Å²) in [5.74, 6) is 0.878. The van der Waals surface area contributed by atoms with E-state index in [-0.39, 0.29) is 5.54 Å². The number of likely N-dealkylation sites (N-methyl/N-ethyl adjacent to an activating group) is 1. The van der Waals surface area contributed by atoms with Gasteiger partial charge in [0.2, 0.25) is 0 Å². The second kappa shape index (κ2) is 5.26. The number of rotatable bonds is 3. The van der Waals surface area contributed by atoms with Crippen molar-refractivity contribution in [2.75, 3.05) is 40.5 Å². The Kier molecular flexibility index (Phi) is 3.90. The van der Waals surface area contributed by atoms with Crippen LogP contribution in [0.15, 0.2) is 18.2 Å². The van der Waals surface area contributed by atoms with Gasteiger partial charge in [-0.1, -0.05) is 17.7 Å². The Morgan fingerprint density at radius 2 is 2.28 bits per heavy atom. The molecule has 1 atom stereocenters. The van der Waals surface area contributed by atoms with Crippen molar-refractivity contribution < 1.29 is 9.47 Å². The summed E-state index contributed by atoms with van der Waals surface area (Å²) in [6.45, 7) is 4.85. The molecular formula is C14H22N2O2. The van der Waals surface area contributed by atoms with Crippen LogP contribution < -0.4 is 10.5 Å². The van der Waals surface area contributed by atoms with Gasteiger partial charge in [0.25, 0.3) is 0 Å². The maximum Gasteiger partial charge on any atom is 0.124 e. The molecule has 1 aliphatic rings. The van der Waals surface area contributed by atoms with Crippen LogP contribution in [0.2, 0.25) is 0 Å². The van der Waals surface area contributed by atoms with E-state index in [1.807, 2.05) is 6.07 Å². The highest BCUT2D eigenvalue weighted by molar-refractivity contribution is 5.42. The Morgan fingerprint density at radius 1 is 1.50 bits per heavy atom. The van der Waals surface area contributed by atoms with E-state index in [1.54, 1.807) is 7.11 Å². The Labute approximate surface area is 109 Å². The predicted octanol–water partition coefficient (Wildman–Crippen LogP) is 1.12. The summed E-state index contributed by atoms with van der Waals surface area (Å²) in [6, 6.07) is 6.21. The molecule has 18 heavy (non-hydrogen) atoms. The van der Waals surface area contributed by atoms with Crippen LogP contribution in [0.1, 0.15) is 11.1 Å². The third kappa shape index (κ3) is 2.11. The van der Waals surface area contributed by atoms with Gasteiger partial charge < -0.3 is 15.2 Å². The third-order valence-electron chi connectivity index (χ3n) is 3.84. The van der Waals surface area contributed by atoms with Crippen LogP contribution >= 0.6 is 0 Å². The smallest absolute Gasteiger partial charge is 0.124 e. The van der Waals surface area contributed by atoms with Crippen molar-refractivity contribution in [3.63, 3.8) is 0 Å². The summed E-state index contributed by atoms with van der Waals surface area (Å²) in [7, 11) is 3.79. The highest BCUT2D eigenvalue weighted by atomic mass is 16.5. The summed E-state index contributed by atoms with van der Waals surface area (Å²) in [5, 5.41) is 0. The average Bonchev–Trinajstić information content (AvgIpc) is 2.39. The fourth-order valence-corrected chi connectivity index (χ4v) is 2.56. The van der Waals surface area contributed by atoms with Gasteiger partial charge in [0.15, 0.2) is 0 Å². The van der Waals surface area contributed by atoms with Crippen LogP contribution in [0.4, 0.5) is 0 Å². The van der Waals surface area contributed by atoms with Crippen LogP contribution in [0, 0.1) is 6.92 Å². The Morgan fingerprint density at radius 3 is 2.89 bits per heavy atom. The first-order chi connectivity index (χ1) is 8.64. The fraction of sp³-hybridized carbons (Fsp3) is 0.571. The zero-order valence-electron chi connectivity index (χ0n) is 11.4. The Balaban J connectivity index is 2.51. The molecular weight excluding hydrogens is 228 g/mol. The van der Waals surface area contributed by atoms with Gasteiger partial charge >= 0.3 is 0 Å². The van der Waals surface area contributed by atoms with E-state index in [1.165, 1.54) is 5.56 Å². The van der Waals surface area contributed by atoms with Gasteiger partial charge in [-0.15, -0.1) is 0 Å². The molecule has 0 saturated carbocycles. The van der Waals surface area contributed by atoms with Gasteiger partial charge in [-0.05, 0) is 20.0 Å². The van der Waals surface area contributed by atoms with E-state index >= 15 is 0 Å². The second-order valence-electron chi connectivity index (χ2n) is 4.91. The van der Waals surface area contributed by atoms with E-state index in [2.05, 4.69) is 31.0 Å². The summed E-state index contributed by atoms with van der Waals surface area (Å²) < 4.78 is 11.2. The molecule has 4 heteroatoms. The number of nitrogens with zero attached hydrogens (tertiary/aromatic N) is 1. The van der Waals surface area contributed by atoms with E-state index in [0.29, 0.717) is 13.2 Å². The van der Waals surface area contributed by atoms with Crippen molar-refractivity contribution in [2.24, 2.45) is 5.73 Å². The SMILES string of the molecule is COc1ccc(C)cc1C1(CN)COCCN1C. The molecule has 1 aromatic carbocycles. The summed E-state index contributed by atoms with van der Waals surface area (Å²) >= 11 is 0. The van der Waals surface area contributed by atoms with Gasteiger partial charge in [-0.25, -0.2) is 0 Å². The summed E-state index contributed by atoms with van der Waals surface area (Å²) in [5.41, 5.74) is 8.10. The number of benzene rings is 1. The molecule has 4 nitrogen and oxygen atoms in total. The standard InChI is InChI=1S/C14H22N2O2/c1-11-4-5-13(17-3)12(8-11)14(9-15)10-18-7-6-16(14)2/h4-5,8H,6-7,9-10,15H2,1-3H3. The van der Waals surface area contributed by atoms with E-state index in [0.717, 1.165) is 24.5 Å². The second-order valence-corrected chi connectivity index (χ2v) is 4.91. The lowest BCUT2D eigenvalue weighted by molar-refractivity contribution is -0.0558. The quantitative estimate of drug-likeness (QED) is 0.873. The minimum Gasteiger partial charge on any atom is -0.496 e. The van der Waals surface area contributed by atoms with E-state index in [4.69, 9.17) is 15.2 Å². The highest BCUT2D eigenvalue weighted by Crippen LogP contribution is 2.36. The van der Waals surface area contributed by atoms with Gasteiger partial charge in [0, 0.05) is 18.7 Å². The molecule has 100 valence electrons. The molecule has 0 bridgehead atoms. The molecule has 1 aromatic rings. The number of hydrogen-bond donors (Lipinski definition) is 1. The first-order valence-electron chi connectivity index (χ1n) is 6.28. The monoisotopic (exact) mass is 250 g/mol. The van der Waals surface area contributed by atoms with E-state index < -0.39 is 0 Å². The van der Waals surface area contributed by atoms with Gasteiger partial charge in [0.05, 0.1) is 25.9 Å². The van der Waals surface area contributed by atoms with Gasteiger partial charge in [-0.3, -0.25) is 4.90 Å². The van der Waals surface area contributed by atoms with E-state index in [9.17, 15) is 0 Å². The summed E-state index contributed by atoms with van der Waals surface area (Å²) in [6.07, 6.45) is 0. The maximum atomic E-state index is 6.06. The first-order valence-corrected chi connectivity index (χ1v) is 6.28. The number of morpholine rings is 1. The predicted molar refractivity (Wildman–Crippen MR) is 71.9 cm³/mol. The van der Waals surface area contributed by atoms with Crippen LogP contribution in [-0.2, 0) is 10.3 Å². The van der Waals surface area contributed by atoms with Crippen molar-refractivity contribution in [2.45, 2.75) is 12.5 Å². The van der Waals surface area contributed by atoms with Gasteiger partial charge in [-0.2, -0.15) is 0 Å². The molecule has 2 rings (SSSR count). The van der Waals surface area contributed by atoms with Crippen LogP contribution in [0.3, 0.4) is 0 Å². The maximum absolute atomic E-state index is 6.06. The first kappa shape index (κ1) is 13.3. The molecule has 1 unspecified atom stereocenters. The number of methoxy groups -OCH3 is 1. The zero-order chi connectivity index (χ0) is 13.2. The molecule has 1 heterocycles. The van der Waals surface area contributed by atoms with Crippen LogP contribution in [0.25, 0.3) is 0 Å². The average molecular weight is 250 g/mol. The fourth-order valence-electron chi connectivity index (χ4n) is 2.56. The van der Waals surface area contributed by atoms with Gasteiger partial charge in [0.1, 0.15) is 5.75 Å². The lowest BCUT2D eigenvalue weighted by Gasteiger charge is -2.45. The Bertz CT molecular complexity index is 422. The molecule has 0 aromatic heterocycles. The normalized spacial score (nSPS) is 25.1. The Hall–Kier alpha value is -1.10. The topological polar surface area (TPSA) is 47.7 Å². The number of nitrogens with two attached hydrogens (primary N) is 1. The minimum absolute atomic E-state index is 0.282. The molecule has 2 N–H and O–H groups in total. The van der Waals surface area contributed by atoms with Crippen molar-refractivity contribution in [3.05, 3.63) is 29.3 Å². The number of aryl methyl sites for hydroxylation is 1. The molecule has 1 aliphatic heterocycles. The molecule has 0 spiro atoms. The van der Waals surface area contributed by atoms with Crippen LogP contribution in [-0.4, -0.2) is 45.4 Å². The largest absolute Gasteiger partial charge is 0.496 e. The third-order valence-corrected chi connectivity index (χ3v) is 3.84. The van der Waals surface area contributed by atoms with Crippen LogP contribution in [0.5, 0.6) is 5.75 Å². The molecule has 0 amide bonds. The van der Waals surface area contributed by atoms with Crippen molar-refractivity contribution in [1.29, 1.82) is 0 Å². The van der Waals surface area contributed by atoms with Crippen molar-refractivity contribution in [1.82, 2.24) is 4.90 Å². The lowest BCUT2D eigenvalue weighted by Crippen LogP contribution is -2.56. The molecule has 0 aliphatic carbocycles. The lowest BCUT2D eigenvalue weighted by atomic mass is 9.86. The minimum atomic E-state index is -0.282. The zero-order valence-corrected chi connectivity index (χ0v) is 11.4. The number of hydrogen-bond acceptors (Lipinski definition) is 4. The molecule has 0 radical (unpaired) electrons. The highest BCUT2D eigenvalue weighted by Gasteiger charge is 2.40. The van der Waals surface area contributed by atoms with Crippen molar-refractivity contribution in [3.8, 4) is 5.75 Å². The number of ether oxygens (including phenoxy) is 2. The molecule has 1 saturated heterocycles. The molecule has 1 fully saturated rings. The summed E-state index contributed by atoms with van der Waals surface area (Å²) in [4.78, 5) is 2.27. The van der Waals surface area contributed by atoms with Crippen molar-refractivity contribution >= 4 is 0 Å².